The topological polar surface area (TPSA) is 85.4 Å². The van der Waals surface area contributed by atoms with Crippen molar-refractivity contribution >= 4 is 11.9 Å². The summed E-state index contributed by atoms with van der Waals surface area (Å²) in [7, 11) is 0. The Bertz CT molecular complexity index is 1130. The van der Waals surface area contributed by atoms with Gasteiger partial charge in [0, 0.05) is 63.9 Å². The van der Waals surface area contributed by atoms with E-state index in [9.17, 15) is 35.9 Å². The average molecular weight is 504 g/mol. The minimum Gasteiger partial charge on any atom is -0.339 e. The molecular formula is C21H22F6N6O2. The van der Waals surface area contributed by atoms with Crippen molar-refractivity contribution < 1.29 is 31.1 Å². The van der Waals surface area contributed by atoms with E-state index in [1.807, 2.05) is 11.8 Å². The van der Waals surface area contributed by atoms with Crippen LogP contribution < -0.4 is 10.5 Å². The van der Waals surface area contributed by atoms with E-state index in [-0.39, 0.29) is 30.4 Å². The number of hydrogen-bond donors (Lipinski definition) is 1. The summed E-state index contributed by atoms with van der Waals surface area (Å²) < 4.78 is 77.0. The van der Waals surface area contributed by atoms with E-state index in [2.05, 4.69) is 15.0 Å². The van der Waals surface area contributed by atoms with Crippen molar-refractivity contribution in [2.45, 2.75) is 31.9 Å². The summed E-state index contributed by atoms with van der Waals surface area (Å²) in [6.07, 6.45) is -6.58. The number of aromatic nitrogens is 3. The van der Waals surface area contributed by atoms with E-state index in [1.54, 1.807) is 9.80 Å². The van der Waals surface area contributed by atoms with E-state index in [0.717, 1.165) is 18.5 Å². The second kappa shape index (κ2) is 9.13. The van der Waals surface area contributed by atoms with Gasteiger partial charge in [0.2, 0.25) is 11.9 Å². The third-order valence-electron chi connectivity index (χ3n) is 6.14. The standard InChI is InChI=1S/C21H22F6N6O2/c1-12-8-32(2-3-33(12)19-29-6-15(7-30-19)20(22,23)24)18(35)14-10-31(11-14)9-13-4-16(21(25,26)27)17(34)28-5-13/h4-7,12,14H,2-3,8-11H2,1H3,(H,28,34)/t12-/m0/s1. The second-order valence-corrected chi connectivity index (χ2v) is 8.74. The zero-order valence-corrected chi connectivity index (χ0v) is 18.5. The molecule has 35 heavy (non-hydrogen) atoms. The molecule has 1 amide bonds. The second-order valence-electron chi connectivity index (χ2n) is 8.74. The summed E-state index contributed by atoms with van der Waals surface area (Å²) in [5, 5.41) is 0. The van der Waals surface area contributed by atoms with Gasteiger partial charge in [0.05, 0.1) is 11.5 Å². The maximum absolute atomic E-state index is 12.9. The fraction of sp³-hybridized carbons (Fsp3) is 0.524. The number of hydrogen-bond acceptors (Lipinski definition) is 6. The lowest BCUT2D eigenvalue weighted by Gasteiger charge is -2.44. The summed E-state index contributed by atoms with van der Waals surface area (Å²) in [6, 6.07) is 0.598. The molecule has 2 saturated heterocycles. The first-order valence-corrected chi connectivity index (χ1v) is 10.8. The lowest BCUT2D eigenvalue weighted by atomic mass is 9.96. The van der Waals surface area contributed by atoms with Gasteiger partial charge in [-0.1, -0.05) is 0 Å². The van der Waals surface area contributed by atoms with Gasteiger partial charge in [-0.3, -0.25) is 14.5 Å². The Morgan fingerprint density at radius 1 is 1.06 bits per heavy atom. The van der Waals surface area contributed by atoms with Crippen LogP contribution in [0.1, 0.15) is 23.6 Å². The van der Waals surface area contributed by atoms with Crippen LogP contribution in [0.2, 0.25) is 0 Å². The number of likely N-dealkylation sites (tertiary alicyclic amines) is 1. The average Bonchev–Trinajstić information content (AvgIpc) is 2.75. The highest BCUT2D eigenvalue weighted by Crippen LogP contribution is 2.30. The van der Waals surface area contributed by atoms with Crippen LogP contribution in [-0.4, -0.2) is 69.4 Å². The highest BCUT2D eigenvalue weighted by molar-refractivity contribution is 5.80. The van der Waals surface area contributed by atoms with Crippen LogP contribution >= 0.6 is 0 Å². The molecule has 2 fully saturated rings. The van der Waals surface area contributed by atoms with Crippen LogP contribution in [0.3, 0.4) is 0 Å². The summed E-state index contributed by atoms with van der Waals surface area (Å²) in [4.78, 5) is 39.3. The molecule has 2 aliphatic heterocycles. The number of carbonyl (C=O) groups excluding carboxylic acids is 1. The molecule has 4 heterocycles. The molecule has 0 saturated carbocycles. The van der Waals surface area contributed by atoms with Gasteiger partial charge in [0.15, 0.2) is 0 Å². The van der Waals surface area contributed by atoms with E-state index in [4.69, 9.17) is 0 Å². The molecule has 2 aromatic rings. The molecule has 190 valence electrons. The van der Waals surface area contributed by atoms with Crippen LogP contribution in [0, 0.1) is 5.92 Å². The molecule has 0 aliphatic carbocycles. The fourth-order valence-corrected chi connectivity index (χ4v) is 4.27. The molecule has 0 aromatic carbocycles. The first kappa shape index (κ1) is 24.9. The van der Waals surface area contributed by atoms with Gasteiger partial charge in [0.25, 0.3) is 5.56 Å². The van der Waals surface area contributed by atoms with Crippen molar-refractivity contribution in [3.63, 3.8) is 0 Å². The van der Waals surface area contributed by atoms with Gasteiger partial charge in [0.1, 0.15) is 5.56 Å². The minimum absolute atomic E-state index is 0.0847. The number of H-pyrrole nitrogens is 1. The van der Waals surface area contributed by atoms with Crippen LogP contribution in [-0.2, 0) is 23.7 Å². The van der Waals surface area contributed by atoms with Crippen molar-refractivity contribution in [3.05, 3.63) is 51.7 Å². The van der Waals surface area contributed by atoms with Crippen LogP contribution in [0.5, 0.6) is 0 Å². The largest absolute Gasteiger partial charge is 0.421 e. The smallest absolute Gasteiger partial charge is 0.339 e. The van der Waals surface area contributed by atoms with Gasteiger partial charge in [-0.25, -0.2) is 9.97 Å². The van der Waals surface area contributed by atoms with Gasteiger partial charge in [-0.2, -0.15) is 26.3 Å². The third-order valence-corrected chi connectivity index (χ3v) is 6.14. The van der Waals surface area contributed by atoms with Crippen LogP contribution in [0.4, 0.5) is 32.3 Å². The molecule has 0 radical (unpaired) electrons. The molecule has 0 spiro atoms. The van der Waals surface area contributed by atoms with E-state index in [0.29, 0.717) is 38.3 Å². The van der Waals surface area contributed by atoms with Gasteiger partial charge in [-0.15, -0.1) is 0 Å². The Morgan fingerprint density at radius 3 is 2.29 bits per heavy atom. The number of pyridine rings is 1. The Kier molecular flexibility index (Phi) is 6.51. The highest BCUT2D eigenvalue weighted by atomic mass is 19.4. The Hall–Kier alpha value is -3.16. The predicted octanol–water partition coefficient (Wildman–Crippen LogP) is 2.37. The first-order chi connectivity index (χ1) is 16.3. The first-order valence-electron chi connectivity index (χ1n) is 10.8. The maximum atomic E-state index is 12.9. The summed E-state index contributed by atoms with van der Waals surface area (Å²) in [5.74, 6) is -0.231. The maximum Gasteiger partial charge on any atom is 0.421 e. The molecule has 8 nitrogen and oxygen atoms in total. The Balaban J connectivity index is 1.29. The number of piperazine rings is 1. The van der Waals surface area contributed by atoms with Crippen molar-refractivity contribution in [2.75, 3.05) is 37.6 Å². The normalized spacial score (nSPS) is 20.1. The van der Waals surface area contributed by atoms with E-state index < -0.39 is 29.0 Å². The highest BCUT2D eigenvalue weighted by Gasteiger charge is 2.39. The SMILES string of the molecule is C[C@H]1CN(C(=O)C2CN(Cc3c[nH]c(=O)c(C(F)(F)F)c3)C2)CCN1c1ncc(C(F)(F)F)cn1. The third kappa shape index (κ3) is 5.41. The lowest BCUT2D eigenvalue weighted by molar-refractivity contribution is -0.142. The van der Waals surface area contributed by atoms with Crippen molar-refractivity contribution in [1.82, 2.24) is 24.8 Å². The molecule has 1 atom stereocenters. The number of nitrogens with one attached hydrogen (secondary N) is 1. The molecule has 4 rings (SSSR count). The van der Waals surface area contributed by atoms with E-state index >= 15 is 0 Å². The summed E-state index contributed by atoms with van der Waals surface area (Å²) >= 11 is 0. The predicted molar refractivity (Wildman–Crippen MR) is 111 cm³/mol. The number of anilines is 1. The van der Waals surface area contributed by atoms with Gasteiger partial charge in [-0.05, 0) is 18.6 Å². The number of halogens is 6. The number of carbonyl (C=O) groups is 1. The Morgan fingerprint density at radius 2 is 1.71 bits per heavy atom. The van der Waals surface area contributed by atoms with Gasteiger partial charge >= 0.3 is 12.4 Å². The van der Waals surface area contributed by atoms with Crippen LogP contribution in [0.25, 0.3) is 0 Å². The monoisotopic (exact) mass is 504 g/mol. The molecule has 1 N–H and O–H groups in total. The lowest BCUT2D eigenvalue weighted by Crippen LogP contribution is -2.59. The molecule has 2 aliphatic rings. The quantitative estimate of drug-likeness (QED) is 0.644. The minimum atomic E-state index is -4.75. The molecule has 2 aromatic heterocycles. The summed E-state index contributed by atoms with van der Waals surface area (Å²) in [6.45, 7) is 3.77. The van der Waals surface area contributed by atoms with Gasteiger partial charge < -0.3 is 14.8 Å². The van der Waals surface area contributed by atoms with Crippen LogP contribution in [0.15, 0.2) is 29.5 Å². The molecule has 0 unspecified atom stereocenters. The summed E-state index contributed by atoms with van der Waals surface area (Å²) in [5.41, 5.74) is -3.10. The number of rotatable bonds is 4. The van der Waals surface area contributed by atoms with Crippen molar-refractivity contribution in [3.8, 4) is 0 Å². The molecule has 0 bridgehead atoms. The molecular weight excluding hydrogens is 482 g/mol. The van der Waals surface area contributed by atoms with E-state index in [1.165, 1.54) is 6.20 Å². The Labute approximate surface area is 195 Å². The van der Waals surface area contributed by atoms with Crippen molar-refractivity contribution in [1.29, 1.82) is 0 Å². The number of amides is 1. The fourth-order valence-electron chi connectivity index (χ4n) is 4.27. The number of nitrogens with zero attached hydrogens (tertiary/aromatic N) is 5. The number of aromatic amines is 1. The molecule has 14 heteroatoms. The number of alkyl halides is 6. The van der Waals surface area contributed by atoms with Crippen molar-refractivity contribution in [2.24, 2.45) is 5.92 Å². The zero-order valence-electron chi connectivity index (χ0n) is 18.5. The zero-order chi connectivity index (χ0) is 25.5.